The normalized spacial score (nSPS) is 12.3. The smallest absolute Gasteiger partial charge is 0.417 e. The Balaban J connectivity index is 1.65. The van der Waals surface area contributed by atoms with E-state index in [0.717, 1.165) is 6.07 Å². The molecule has 0 unspecified atom stereocenters. The SMILES string of the molecule is O=C(NCC#Cc1ccccc1C(F)(F)F)c1ccc2c(c1)OCO2. The van der Waals surface area contributed by atoms with Gasteiger partial charge in [-0.1, -0.05) is 24.0 Å². The van der Waals surface area contributed by atoms with Crippen LogP contribution in [0.4, 0.5) is 13.2 Å². The van der Waals surface area contributed by atoms with Gasteiger partial charge in [0.15, 0.2) is 11.5 Å². The van der Waals surface area contributed by atoms with E-state index < -0.39 is 17.6 Å². The molecule has 2 aromatic carbocycles. The van der Waals surface area contributed by atoms with E-state index in [1.165, 1.54) is 24.3 Å². The number of carbonyl (C=O) groups is 1. The first-order valence-electron chi connectivity index (χ1n) is 7.28. The molecule has 0 saturated heterocycles. The lowest BCUT2D eigenvalue weighted by molar-refractivity contribution is -0.137. The maximum Gasteiger partial charge on any atom is 0.417 e. The molecule has 4 nitrogen and oxygen atoms in total. The number of alkyl halides is 3. The minimum absolute atomic E-state index is 0.0839. The summed E-state index contributed by atoms with van der Waals surface area (Å²) in [7, 11) is 0. The fraction of sp³-hybridized carbons (Fsp3) is 0.167. The summed E-state index contributed by atoms with van der Waals surface area (Å²) in [6.45, 7) is 0.0178. The second kappa shape index (κ2) is 6.77. The molecule has 0 bridgehead atoms. The van der Waals surface area contributed by atoms with Gasteiger partial charge in [-0.05, 0) is 30.3 Å². The second-order valence-corrected chi connectivity index (χ2v) is 5.10. The Morgan fingerprint density at radius 1 is 1.12 bits per heavy atom. The van der Waals surface area contributed by atoms with Crippen molar-refractivity contribution in [3.05, 3.63) is 59.2 Å². The maximum atomic E-state index is 12.9. The van der Waals surface area contributed by atoms with Gasteiger partial charge in [-0.15, -0.1) is 0 Å². The van der Waals surface area contributed by atoms with Crippen molar-refractivity contribution in [1.82, 2.24) is 5.32 Å². The van der Waals surface area contributed by atoms with Crippen molar-refractivity contribution >= 4 is 5.91 Å². The monoisotopic (exact) mass is 347 g/mol. The number of hydrogen-bond acceptors (Lipinski definition) is 3. The Bertz CT molecular complexity index is 866. The summed E-state index contributed by atoms with van der Waals surface area (Å²) in [6, 6.07) is 9.74. The number of amides is 1. The summed E-state index contributed by atoms with van der Waals surface area (Å²) in [5.74, 6) is 5.59. The third kappa shape index (κ3) is 3.86. The molecule has 0 saturated carbocycles. The first-order chi connectivity index (χ1) is 11.9. The summed E-state index contributed by atoms with van der Waals surface area (Å²) in [6.07, 6.45) is -4.47. The van der Waals surface area contributed by atoms with Crippen LogP contribution in [-0.4, -0.2) is 19.2 Å². The molecule has 0 aliphatic carbocycles. The first kappa shape index (κ1) is 16.7. The van der Waals surface area contributed by atoms with E-state index in [1.807, 2.05) is 0 Å². The third-order valence-corrected chi connectivity index (χ3v) is 3.43. The molecule has 2 aromatic rings. The lowest BCUT2D eigenvalue weighted by atomic mass is 10.1. The summed E-state index contributed by atoms with van der Waals surface area (Å²) in [5.41, 5.74) is -0.585. The Kier molecular flexibility index (Phi) is 4.52. The van der Waals surface area contributed by atoms with E-state index in [0.29, 0.717) is 17.1 Å². The fourth-order valence-electron chi connectivity index (χ4n) is 2.24. The van der Waals surface area contributed by atoms with Gasteiger partial charge < -0.3 is 14.8 Å². The summed E-state index contributed by atoms with van der Waals surface area (Å²) < 4.78 is 48.9. The van der Waals surface area contributed by atoms with Crippen LogP contribution in [0.25, 0.3) is 0 Å². The zero-order valence-corrected chi connectivity index (χ0v) is 12.8. The minimum atomic E-state index is -4.47. The van der Waals surface area contributed by atoms with Crippen LogP contribution in [0.3, 0.4) is 0 Å². The van der Waals surface area contributed by atoms with Crippen LogP contribution in [-0.2, 0) is 6.18 Å². The molecule has 1 aliphatic rings. The van der Waals surface area contributed by atoms with E-state index in [1.54, 1.807) is 12.1 Å². The standard InChI is InChI=1S/C18H12F3NO3/c19-18(20,21)14-6-2-1-4-12(14)5-3-9-22-17(23)13-7-8-15-16(10-13)25-11-24-15/h1-2,4,6-8,10H,9,11H2,(H,22,23). The number of ether oxygens (including phenoxy) is 2. The number of halogens is 3. The van der Waals surface area contributed by atoms with Crippen LogP contribution >= 0.6 is 0 Å². The molecule has 1 N–H and O–H groups in total. The number of rotatable bonds is 2. The van der Waals surface area contributed by atoms with Crippen LogP contribution in [0.15, 0.2) is 42.5 Å². The van der Waals surface area contributed by atoms with Crippen molar-refractivity contribution in [3.63, 3.8) is 0 Å². The fourth-order valence-corrected chi connectivity index (χ4v) is 2.24. The molecule has 0 atom stereocenters. The first-order valence-corrected chi connectivity index (χ1v) is 7.28. The largest absolute Gasteiger partial charge is 0.454 e. The number of hydrogen-bond donors (Lipinski definition) is 1. The molecule has 7 heteroatoms. The van der Waals surface area contributed by atoms with Crippen LogP contribution in [0.5, 0.6) is 11.5 Å². The maximum absolute atomic E-state index is 12.9. The van der Waals surface area contributed by atoms with Gasteiger partial charge in [-0.2, -0.15) is 13.2 Å². The van der Waals surface area contributed by atoms with Crippen LogP contribution < -0.4 is 14.8 Å². The van der Waals surface area contributed by atoms with E-state index in [9.17, 15) is 18.0 Å². The van der Waals surface area contributed by atoms with Crippen molar-refractivity contribution in [2.24, 2.45) is 0 Å². The Hall–Kier alpha value is -3.14. The molecule has 1 heterocycles. The molecule has 1 amide bonds. The van der Waals surface area contributed by atoms with Gasteiger partial charge in [0.1, 0.15) is 0 Å². The van der Waals surface area contributed by atoms with Crippen molar-refractivity contribution < 1.29 is 27.4 Å². The third-order valence-electron chi connectivity index (χ3n) is 3.43. The quantitative estimate of drug-likeness (QED) is 0.849. The lowest BCUT2D eigenvalue weighted by Gasteiger charge is -2.08. The number of benzene rings is 2. The molecule has 0 aromatic heterocycles. The van der Waals surface area contributed by atoms with Gasteiger partial charge in [-0.25, -0.2) is 0 Å². The molecule has 0 spiro atoms. The highest BCUT2D eigenvalue weighted by Crippen LogP contribution is 2.32. The predicted octanol–water partition coefficient (Wildman–Crippen LogP) is 3.22. The van der Waals surface area contributed by atoms with Gasteiger partial charge >= 0.3 is 6.18 Å². The average molecular weight is 347 g/mol. The summed E-state index contributed by atoms with van der Waals surface area (Å²) in [4.78, 5) is 12.0. The predicted molar refractivity (Wildman–Crippen MR) is 83.2 cm³/mol. The van der Waals surface area contributed by atoms with Crippen molar-refractivity contribution in [3.8, 4) is 23.3 Å². The summed E-state index contributed by atoms with van der Waals surface area (Å²) in [5, 5.41) is 2.53. The van der Waals surface area contributed by atoms with Gasteiger partial charge in [0, 0.05) is 11.1 Å². The number of fused-ring (bicyclic) bond motifs is 1. The molecule has 0 radical (unpaired) electrons. The van der Waals surface area contributed by atoms with Gasteiger partial charge in [0.25, 0.3) is 5.91 Å². The Morgan fingerprint density at radius 3 is 2.68 bits per heavy atom. The second-order valence-electron chi connectivity index (χ2n) is 5.10. The van der Waals surface area contributed by atoms with Crippen molar-refractivity contribution in [2.45, 2.75) is 6.18 Å². The summed E-state index contributed by atoms with van der Waals surface area (Å²) >= 11 is 0. The zero-order valence-electron chi connectivity index (χ0n) is 12.8. The van der Waals surface area contributed by atoms with Crippen molar-refractivity contribution in [2.75, 3.05) is 13.3 Å². The molecule has 3 rings (SSSR count). The van der Waals surface area contributed by atoms with Crippen LogP contribution in [0.1, 0.15) is 21.5 Å². The zero-order chi connectivity index (χ0) is 17.9. The number of carbonyl (C=O) groups excluding carboxylic acids is 1. The van der Waals surface area contributed by atoms with Gasteiger partial charge in [-0.3, -0.25) is 4.79 Å². The molecule has 0 fully saturated rings. The van der Waals surface area contributed by atoms with E-state index in [2.05, 4.69) is 17.2 Å². The lowest BCUT2D eigenvalue weighted by Crippen LogP contribution is -2.23. The molecule has 25 heavy (non-hydrogen) atoms. The topological polar surface area (TPSA) is 47.6 Å². The highest BCUT2D eigenvalue weighted by molar-refractivity contribution is 5.95. The number of nitrogens with one attached hydrogen (secondary N) is 1. The van der Waals surface area contributed by atoms with Crippen molar-refractivity contribution in [1.29, 1.82) is 0 Å². The molecule has 1 aliphatic heterocycles. The highest BCUT2D eigenvalue weighted by Gasteiger charge is 2.32. The van der Waals surface area contributed by atoms with E-state index in [4.69, 9.17) is 9.47 Å². The highest BCUT2D eigenvalue weighted by atomic mass is 19.4. The molecular weight excluding hydrogens is 335 g/mol. The van der Waals surface area contributed by atoms with E-state index >= 15 is 0 Å². The van der Waals surface area contributed by atoms with E-state index in [-0.39, 0.29) is 18.9 Å². The van der Waals surface area contributed by atoms with Gasteiger partial charge in [0.05, 0.1) is 12.1 Å². The molecule has 128 valence electrons. The van der Waals surface area contributed by atoms with Crippen LogP contribution in [0, 0.1) is 11.8 Å². The minimum Gasteiger partial charge on any atom is -0.454 e. The molecular formula is C18H12F3NO3. The Morgan fingerprint density at radius 2 is 1.88 bits per heavy atom. The van der Waals surface area contributed by atoms with Gasteiger partial charge in [0.2, 0.25) is 6.79 Å². The van der Waals surface area contributed by atoms with Crippen LogP contribution in [0.2, 0.25) is 0 Å². The average Bonchev–Trinajstić information content (AvgIpc) is 3.05. The Labute approximate surface area is 141 Å².